The number of carboxylic acids is 1. The summed E-state index contributed by atoms with van der Waals surface area (Å²) in [5.74, 6) is -4.43. The number of halogens is 2. The van der Waals surface area contributed by atoms with Crippen molar-refractivity contribution >= 4 is 12.1 Å². The highest BCUT2D eigenvalue weighted by Crippen LogP contribution is 2.16. The molecule has 122 valence electrons. The maximum Gasteiger partial charge on any atom is 0.407 e. The van der Waals surface area contributed by atoms with E-state index in [1.165, 1.54) is 12.1 Å². The molecular weight excluding hydrogens is 296 g/mol. The Labute approximate surface area is 127 Å². The highest BCUT2D eigenvalue weighted by molar-refractivity contribution is 5.73. The third-order valence-corrected chi connectivity index (χ3v) is 2.74. The van der Waals surface area contributed by atoms with Gasteiger partial charge in [0.25, 0.3) is 0 Å². The first kappa shape index (κ1) is 17.9. The predicted octanol–water partition coefficient (Wildman–Crippen LogP) is 2.73. The Kier molecular flexibility index (Phi) is 5.84. The fraction of sp³-hybridized carbons (Fsp3) is 0.467. The molecule has 0 aliphatic heterocycles. The van der Waals surface area contributed by atoms with E-state index in [0.717, 1.165) is 6.07 Å². The SMILES string of the molecule is CC(C)(C)OC(=O)NC[C@@H](Cc1cccc(F)c1F)C(=O)O. The molecule has 0 bridgehead atoms. The third kappa shape index (κ3) is 5.67. The van der Waals surface area contributed by atoms with Crippen molar-refractivity contribution in [3.63, 3.8) is 0 Å². The maximum absolute atomic E-state index is 13.6. The molecule has 0 spiro atoms. The number of hydrogen-bond donors (Lipinski definition) is 2. The average molecular weight is 315 g/mol. The van der Waals surface area contributed by atoms with Crippen molar-refractivity contribution < 1.29 is 28.2 Å². The van der Waals surface area contributed by atoms with E-state index in [1.54, 1.807) is 20.8 Å². The first-order valence-electron chi connectivity index (χ1n) is 6.72. The second kappa shape index (κ2) is 7.20. The lowest BCUT2D eigenvalue weighted by atomic mass is 9.99. The molecule has 0 unspecified atom stereocenters. The van der Waals surface area contributed by atoms with Gasteiger partial charge in [-0.05, 0) is 38.8 Å². The molecule has 1 atom stereocenters. The van der Waals surface area contributed by atoms with Gasteiger partial charge in [0.1, 0.15) is 5.60 Å². The summed E-state index contributed by atoms with van der Waals surface area (Å²) in [6.07, 6.45) is -1.01. The van der Waals surface area contributed by atoms with Crippen LogP contribution in [0.2, 0.25) is 0 Å². The second-order valence-electron chi connectivity index (χ2n) is 5.84. The summed E-state index contributed by atoms with van der Waals surface area (Å²) in [7, 11) is 0. The molecule has 0 radical (unpaired) electrons. The maximum atomic E-state index is 13.6. The van der Waals surface area contributed by atoms with Crippen LogP contribution in [-0.2, 0) is 16.0 Å². The van der Waals surface area contributed by atoms with Crippen molar-refractivity contribution in [2.75, 3.05) is 6.54 Å². The molecule has 2 N–H and O–H groups in total. The van der Waals surface area contributed by atoms with E-state index in [9.17, 15) is 18.4 Å². The molecule has 1 aromatic carbocycles. The standard InChI is InChI=1S/C15H19F2NO4/c1-15(2,3)22-14(21)18-8-10(13(19)20)7-9-5-4-6-11(16)12(9)17/h4-6,10H,7-8H2,1-3H3,(H,18,21)(H,19,20)/t10-/m1/s1. The molecule has 0 fully saturated rings. The van der Waals surface area contributed by atoms with Crippen molar-refractivity contribution in [1.82, 2.24) is 5.32 Å². The van der Waals surface area contributed by atoms with Gasteiger partial charge in [0.2, 0.25) is 0 Å². The number of nitrogens with one attached hydrogen (secondary N) is 1. The molecule has 22 heavy (non-hydrogen) atoms. The Bertz CT molecular complexity index is 555. The summed E-state index contributed by atoms with van der Waals surface area (Å²) in [5.41, 5.74) is -0.768. The predicted molar refractivity (Wildman–Crippen MR) is 75.4 cm³/mol. The summed E-state index contributed by atoms with van der Waals surface area (Å²) in [6, 6.07) is 3.56. The number of rotatable bonds is 5. The average Bonchev–Trinajstić information content (AvgIpc) is 2.36. The van der Waals surface area contributed by atoms with Gasteiger partial charge in [-0.2, -0.15) is 0 Å². The Hall–Kier alpha value is -2.18. The lowest BCUT2D eigenvalue weighted by molar-refractivity contribution is -0.141. The number of benzene rings is 1. The zero-order valence-electron chi connectivity index (χ0n) is 12.7. The molecule has 0 aromatic heterocycles. The zero-order chi connectivity index (χ0) is 16.9. The molecule has 1 rings (SSSR count). The van der Waals surface area contributed by atoms with Gasteiger partial charge < -0.3 is 15.2 Å². The monoisotopic (exact) mass is 315 g/mol. The van der Waals surface area contributed by atoms with Crippen LogP contribution in [0.25, 0.3) is 0 Å². The van der Waals surface area contributed by atoms with Crippen LogP contribution in [0, 0.1) is 17.6 Å². The van der Waals surface area contributed by atoms with Crippen LogP contribution in [-0.4, -0.2) is 29.3 Å². The summed E-state index contributed by atoms with van der Waals surface area (Å²) in [6.45, 7) is 4.76. The normalized spacial score (nSPS) is 12.6. The lowest BCUT2D eigenvalue weighted by Gasteiger charge is -2.21. The molecule has 0 saturated carbocycles. The number of aliphatic carboxylic acids is 1. The van der Waals surface area contributed by atoms with E-state index in [4.69, 9.17) is 9.84 Å². The van der Waals surface area contributed by atoms with E-state index in [0.29, 0.717) is 0 Å². The number of amides is 1. The van der Waals surface area contributed by atoms with E-state index in [2.05, 4.69) is 5.32 Å². The molecular formula is C15H19F2NO4. The minimum Gasteiger partial charge on any atom is -0.481 e. The highest BCUT2D eigenvalue weighted by Gasteiger charge is 2.23. The summed E-state index contributed by atoms with van der Waals surface area (Å²) < 4.78 is 31.7. The number of hydrogen-bond acceptors (Lipinski definition) is 3. The highest BCUT2D eigenvalue weighted by atomic mass is 19.2. The van der Waals surface area contributed by atoms with Gasteiger partial charge in [-0.25, -0.2) is 13.6 Å². The molecule has 5 nitrogen and oxygen atoms in total. The van der Waals surface area contributed by atoms with Gasteiger partial charge in [-0.15, -0.1) is 0 Å². The molecule has 0 aliphatic carbocycles. The smallest absolute Gasteiger partial charge is 0.407 e. The van der Waals surface area contributed by atoms with Crippen LogP contribution < -0.4 is 5.32 Å². The Morgan fingerprint density at radius 1 is 1.32 bits per heavy atom. The van der Waals surface area contributed by atoms with Crippen molar-refractivity contribution in [3.8, 4) is 0 Å². The summed E-state index contributed by atoms with van der Waals surface area (Å²) in [4.78, 5) is 22.7. The van der Waals surface area contributed by atoms with Crippen LogP contribution >= 0.6 is 0 Å². The first-order valence-corrected chi connectivity index (χ1v) is 6.72. The molecule has 0 saturated heterocycles. The van der Waals surface area contributed by atoms with Gasteiger partial charge in [0.05, 0.1) is 5.92 Å². The van der Waals surface area contributed by atoms with Crippen molar-refractivity contribution in [3.05, 3.63) is 35.4 Å². The van der Waals surface area contributed by atoms with Crippen molar-refractivity contribution in [2.24, 2.45) is 5.92 Å². The Balaban J connectivity index is 2.69. The number of carbonyl (C=O) groups is 2. The van der Waals surface area contributed by atoms with E-state index in [1.807, 2.05) is 0 Å². The van der Waals surface area contributed by atoms with Gasteiger partial charge >= 0.3 is 12.1 Å². The third-order valence-electron chi connectivity index (χ3n) is 2.74. The number of ether oxygens (including phenoxy) is 1. The van der Waals surface area contributed by atoms with Gasteiger partial charge in [-0.3, -0.25) is 4.79 Å². The Morgan fingerprint density at radius 2 is 1.95 bits per heavy atom. The van der Waals surface area contributed by atoms with Crippen LogP contribution in [0.4, 0.5) is 13.6 Å². The quantitative estimate of drug-likeness (QED) is 0.876. The lowest BCUT2D eigenvalue weighted by Crippen LogP contribution is -2.38. The Morgan fingerprint density at radius 3 is 2.50 bits per heavy atom. The molecule has 1 amide bonds. The largest absolute Gasteiger partial charge is 0.481 e. The molecule has 0 aliphatic rings. The second-order valence-corrected chi connectivity index (χ2v) is 5.84. The fourth-order valence-electron chi connectivity index (χ4n) is 1.74. The van der Waals surface area contributed by atoms with Crippen molar-refractivity contribution in [1.29, 1.82) is 0 Å². The topological polar surface area (TPSA) is 75.6 Å². The molecule has 7 heteroatoms. The van der Waals surface area contributed by atoms with E-state index < -0.39 is 35.2 Å². The van der Waals surface area contributed by atoms with Gasteiger partial charge in [0, 0.05) is 6.54 Å². The summed E-state index contributed by atoms with van der Waals surface area (Å²) >= 11 is 0. The fourth-order valence-corrected chi connectivity index (χ4v) is 1.74. The molecule has 0 heterocycles. The van der Waals surface area contributed by atoms with E-state index >= 15 is 0 Å². The van der Waals surface area contributed by atoms with Gasteiger partial charge in [-0.1, -0.05) is 12.1 Å². The van der Waals surface area contributed by atoms with E-state index in [-0.39, 0.29) is 18.5 Å². The number of carboxylic acid groups (broad SMARTS) is 1. The van der Waals surface area contributed by atoms with Crippen LogP contribution in [0.15, 0.2) is 18.2 Å². The summed E-state index contributed by atoms with van der Waals surface area (Å²) in [5, 5.41) is 11.4. The van der Waals surface area contributed by atoms with Crippen LogP contribution in [0.5, 0.6) is 0 Å². The minimum atomic E-state index is -1.22. The van der Waals surface area contributed by atoms with Crippen molar-refractivity contribution in [2.45, 2.75) is 32.8 Å². The van der Waals surface area contributed by atoms with Gasteiger partial charge in [0.15, 0.2) is 11.6 Å². The number of carbonyl (C=O) groups excluding carboxylic acids is 1. The minimum absolute atomic E-state index is 0.0570. The van der Waals surface area contributed by atoms with Crippen LogP contribution in [0.1, 0.15) is 26.3 Å². The zero-order valence-corrected chi connectivity index (χ0v) is 12.7. The van der Waals surface area contributed by atoms with Crippen LogP contribution in [0.3, 0.4) is 0 Å². The number of alkyl carbamates (subject to hydrolysis) is 1. The molecule has 1 aromatic rings. The first-order chi connectivity index (χ1) is 10.1.